The predicted molar refractivity (Wildman–Crippen MR) is 131 cm³/mol. The lowest BCUT2D eigenvalue weighted by Gasteiger charge is -2.33. The average Bonchev–Trinajstić information content (AvgIpc) is 3.06. The summed E-state index contributed by atoms with van der Waals surface area (Å²) in [4.78, 5) is 14.5. The minimum Gasteiger partial charge on any atom is -0.497 e. The molecule has 1 unspecified atom stereocenters. The monoisotopic (exact) mass is 482 g/mol. The number of alkyl halides is 3. The van der Waals surface area contributed by atoms with Crippen molar-refractivity contribution < 1.29 is 17.9 Å². The Balaban J connectivity index is 1.64. The van der Waals surface area contributed by atoms with Crippen molar-refractivity contribution in [3.05, 3.63) is 64.2 Å². The summed E-state index contributed by atoms with van der Waals surface area (Å²) in [5.74, 6) is 1.58. The molecular weight excluding hydrogens is 453 g/mol. The summed E-state index contributed by atoms with van der Waals surface area (Å²) in [7, 11) is 3.73. The predicted octanol–water partition coefficient (Wildman–Crippen LogP) is 3.82. The fraction of sp³-hybridized carbons (Fsp3) is 0.407. The van der Waals surface area contributed by atoms with Gasteiger partial charge in [0.1, 0.15) is 11.1 Å². The van der Waals surface area contributed by atoms with Gasteiger partial charge in [0.05, 0.1) is 24.2 Å². The van der Waals surface area contributed by atoms with Gasteiger partial charge in [0.25, 0.3) is 0 Å². The zero-order chi connectivity index (χ0) is 24.6. The van der Waals surface area contributed by atoms with E-state index < -0.39 is 11.7 Å². The number of piperazine rings is 1. The third kappa shape index (κ3) is 4.98. The van der Waals surface area contributed by atoms with E-state index in [1.54, 1.807) is 7.11 Å². The van der Waals surface area contributed by atoms with Crippen LogP contribution in [0, 0.1) is 0 Å². The number of benzene rings is 2. The number of hydrogen-bond donors (Lipinski definition) is 0. The van der Waals surface area contributed by atoms with E-state index in [4.69, 9.17) is 14.7 Å². The molecule has 1 fully saturated rings. The number of anilines is 1. The zero-order valence-electron chi connectivity index (χ0n) is 20.0. The normalized spacial score (nSPS) is 19.0. The standard InChI is InChI=1S/C27H29F3N4O/c1-33-12-14-34(15-13-33)26-25-22(23-17-19(27(28,29)30)8-11-24(23)32-26)5-3-4-20(31-25)16-18-6-9-21(35-2)10-7-18/h5-11,17,20H,3-4,12-16H2,1-2H3. The van der Waals surface area contributed by atoms with Crippen LogP contribution in [0.4, 0.5) is 19.0 Å². The molecule has 5 nitrogen and oxygen atoms in total. The van der Waals surface area contributed by atoms with Crippen molar-refractivity contribution in [3.63, 3.8) is 0 Å². The molecule has 0 spiro atoms. The fourth-order valence-electron chi connectivity index (χ4n) is 4.86. The number of likely N-dealkylation sites (N-methyl/N-ethyl adjacent to an activating group) is 1. The van der Waals surface area contributed by atoms with Crippen molar-refractivity contribution in [2.45, 2.75) is 31.5 Å². The van der Waals surface area contributed by atoms with Crippen LogP contribution in [0.3, 0.4) is 0 Å². The maximum atomic E-state index is 13.5. The quantitative estimate of drug-likeness (QED) is 0.567. The second kappa shape index (κ2) is 9.49. The van der Waals surface area contributed by atoms with Gasteiger partial charge in [0, 0.05) is 36.8 Å². The molecule has 184 valence electrons. The number of halogens is 3. The molecule has 1 atom stereocenters. The molecule has 0 radical (unpaired) electrons. The second-order valence-corrected chi connectivity index (χ2v) is 9.33. The first-order valence-corrected chi connectivity index (χ1v) is 12.0. The van der Waals surface area contributed by atoms with E-state index in [0.29, 0.717) is 10.9 Å². The summed E-state index contributed by atoms with van der Waals surface area (Å²) >= 11 is 0. The van der Waals surface area contributed by atoms with Crippen molar-refractivity contribution in [2.24, 2.45) is 4.99 Å². The highest BCUT2D eigenvalue weighted by molar-refractivity contribution is 5.82. The summed E-state index contributed by atoms with van der Waals surface area (Å²) in [6.45, 7) is 3.42. The minimum absolute atomic E-state index is 0.0113. The van der Waals surface area contributed by atoms with Gasteiger partial charge in [-0.25, -0.2) is 4.98 Å². The van der Waals surface area contributed by atoms with Crippen LogP contribution in [0.5, 0.6) is 5.75 Å². The first-order chi connectivity index (χ1) is 16.8. The summed E-state index contributed by atoms with van der Waals surface area (Å²) in [5.41, 5.74) is 1.07. The number of ether oxygens (including phenoxy) is 1. The molecule has 0 amide bonds. The molecule has 2 aliphatic heterocycles. The molecule has 1 saturated heterocycles. The van der Waals surface area contributed by atoms with Crippen LogP contribution in [-0.2, 0) is 12.6 Å². The first kappa shape index (κ1) is 23.6. The Morgan fingerprint density at radius 1 is 1.03 bits per heavy atom. The Labute approximate surface area is 202 Å². The molecule has 1 aromatic heterocycles. The lowest BCUT2D eigenvalue weighted by atomic mass is 10.0. The number of nitrogens with zero attached hydrogens (tertiary/aromatic N) is 4. The topological polar surface area (TPSA) is 41.0 Å². The molecule has 0 saturated carbocycles. The summed E-state index contributed by atoms with van der Waals surface area (Å²) in [6.07, 6.45) is -0.0369. The minimum atomic E-state index is -4.41. The Morgan fingerprint density at radius 3 is 2.46 bits per heavy atom. The van der Waals surface area contributed by atoms with E-state index in [1.807, 2.05) is 24.3 Å². The van der Waals surface area contributed by atoms with Crippen LogP contribution < -0.4 is 20.2 Å². The van der Waals surface area contributed by atoms with Gasteiger partial charge in [0.15, 0.2) is 5.82 Å². The van der Waals surface area contributed by atoms with E-state index in [9.17, 15) is 13.2 Å². The van der Waals surface area contributed by atoms with E-state index in [-0.39, 0.29) is 6.04 Å². The van der Waals surface area contributed by atoms with Gasteiger partial charge in [-0.15, -0.1) is 0 Å². The van der Waals surface area contributed by atoms with Crippen molar-refractivity contribution in [1.82, 2.24) is 9.88 Å². The third-order valence-corrected chi connectivity index (χ3v) is 6.90. The molecule has 2 aromatic carbocycles. The Bertz CT molecular complexity index is 1330. The van der Waals surface area contributed by atoms with Gasteiger partial charge >= 0.3 is 6.18 Å². The molecule has 2 aliphatic rings. The largest absolute Gasteiger partial charge is 0.497 e. The number of hydrogen-bond acceptors (Lipinski definition) is 5. The third-order valence-electron chi connectivity index (χ3n) is 6.90. The molecule has 8 heteroatoms. The van der Waals surface area contributed by atoms with Gasteiger partial charge in [-0.1, -0.05) is 18.2 Å². The molecule has 5 rings (SSSR count). The SMILES string of the molecule is COc1ccc(CC2CCC=c3c(c(N4CCN(C)CC4)nc4ccc(C(F)(F)F)cc34)=N2)cc1. The van der Waals surface area contributed by atoms with E-state index in [2.05, 4.69) is 22.9 Å². The number of rotatable bonds is 4. The van der Waals surface area contributed by atoms with Gasteiger partial charge in [-0.2, -0.15) is 13.2 Å². The molecule has 3 heterocycles. The Hall–Kier alpha value is -3.13. The molecule has 0 aliphatic carbocycles. The molecule has 35 heavy (non-hydrogen) atoms. The van der Waals surface area contributed by atoms with Crippen molar-refractivity contribution in [1.29, 1.82) is 0 Å². The smallest absolute Gasteiger partial charge is 0.416 e. The van der Waals surface area contributed by atoms with Crippen LogP contribution >= 0.6 is 0 Å². The van der Waals surface area contributed by atoms with Crippen molar-refractivity contribution >= 4 is 22.8 Å². The highest BCUT2D eigenvalue weighted by Gasteiger charge is 2.31. The first-order valence-electron chi connectivity index (χ1n) is 12.0. The maximum absolute atomic E-state index is 13.5. The number of aromatic nitrogens is 1. The summed E-state index contributed by atoms with van der Waals surface area (Å²) < 4.78 is 45.8. The highest BCUT2D eigenvalue weighted by Crippen LogP contribution is 2.30. The van der Waals surface area contributed by atoms with E-state index in [1.165, 1.54) is 12.1 Å². The fourth-order valence-corrected chi connectivity index (χ4v) is 4.86. The van der Waals surface area contributed by atoms with Crippen LogP contribution in [0.25, 0.3) is 17.0 Å². The number of pyridine rings is 1. The van der Waals surface area contributed by atoms with Crippen molar-refractivity contribution in [3.8, 4) is 5.75 Å². The Morgan fingerprint density at radius 2 is 1.77 bits per heavy atom. The summed E-state index contributed by atoms with van der Waals surface area (Å²) in [6, 6.07) is 11.8. The van der Waals surface area contributed by atoms with E-state index in [0.717, 1.165) is 79.2 Å². The van der Waals surface area contributed by atoms with Crippen LogP contribution in [-0.4, -0.2) is 56.3 Å². The molecule has 0 N–H and O–H groups in total. The molecular formula is C27H29F3N4O. The van der Waals surface area contributed by atoms with Crippen LogP contribution in [0.1, 0.15) is 24.0 Å². The van der Waals surface area contributed by atoms with Gasteiger partial charge in [-0.3, -0.25) is 4.99 Å². The summed E-state index contributed by atoms with van der Waals surface area (Å²) in [5, 5.41) is 2.01. The highest BCUT2D eigenvalue weighted by atomic mass is 19.4. The van der Waals surface area contributed by atoms with Crippen LogP contribution in [0.15, 0.2) is 47.5 Å². The number of methoxy groups -OCH3 is 1. The number of fused-ring (bicyclic) bond motifs is 3. The molecule has 3 aromatic rings. The van der Waals surface area contributed by atoms with Gasteiger partial charge in [-0.05, 0) is 62.2 Å². The lowest BCUT2D eigenvalue weighted by Crippen LogP contribution is -2.48. The van der Waals surface area contributed by atoms with E-state index >= 15 is 0 Å². The van der Waals surface area contributed by atoms with Crippen LogP contribution in [0.2, 0.25) is 0 Å². The molecule has 0 bridgehead atoms. The lowest BCUT2D eigenvalue weighted by molar-refractivity contribution is -0.137. The van der Waals surface area contributed by atoms with Gasteiger partial charge in [0.2, 0.25) is 0 Å². The average molecular weight is 483 g/mol. The maximum Gasteiger partial charge on any atom is 0.416 e. The zero-order valence-corrected chi connectivity index (χ0v) is 20.0. The second-order valence-electron chi connectivity index (χ2n) is 9.33. The van der Waals surface area contributed by atoms with Gasteiger partial charge < -0.3 is 14.5 Å². The van der Waals surface area contributed by atoms with Crippen molar-refractivity contribution in [2.75, 3.05) is 45.2 Å². The Kier molecular flexibility index (Phi) is 6.40.